The van der Waals surface area contributed by atoms with Crippen molar-refractivity contribution in [3.05, 3.63) is 164 Å². The van der Waals surface area contributed by atoms with E-state index in [9.17, 15) is 0 Å². The van der Waals surface area contributed by atoms with Gasteiger partial charge in [0.25, 0.3) is 0 Å². The second kappa shape index (κ2) is 10.3. The van der Waals surface area contributed by atoms with Crippen LogP contribution in [0.4, 0.5) is 0 Å². The van der Waals surface area contributed by atoms with Crippen molar-refractivity contribution < 1.29 is 4.42 Å². The van der Waals surface area contributed by atoms with Crippen molar-refractivity contribution in [2.24, 2.45) is 0 Å². The number of benzene rings is 6. The Balaban J connectivity index is 1.12. The number of fused-ring (bicyclic) bond motifs is 9. The molecule has 11 aromatic rings. The summed E-state index contributed by atoms with van der Waals surface area (Å²) >= 11 is 0. The summed E-state index contributed by atoms with van der Waals surface area (Å²) < 4.78 is 13.4. The van der Waals surface area contributed by atoms with E-state index in [4.69, 9.17) is 14.4 Å². The fraction of sp³-hybridized carbons (Fsp3) is 0. The van der Waals surface area contributed by atoms with Crippen LogP contribution in [0.2, 0.25) is 0 Å². The molecule has 0 aliphatic heterocycles. The van der Waals surface area contributed by atoms with E-state index in [2.05, 4.69) is 153 Å². The number of hydrogen-bond donors (Lipinski definition) is 0. The highest BCUT2D eigenvalue weighted by molar-refractivity contribution is 6.12. The summed E-state index contributed by atoms with van der Waals surface area (Å²) in [7, 11) is 0. The Kier molecular flexibility index (Phi) is 5.57. The van der Waals surface area contributed by atoms with E-state index < -0.39 is 0 Å². The van der Waals surface area contributed by atoms with Crippen LogP contribution in [0.15, 0.2) is 168 Å². The summed E-state index contributed by atoms with van der Waals surface area (Å²) in [6, 6.07) is 53.3. The molecule has 50 heavy (non-hydrogen) atoms. The van der Waals surface area contributed by atoms with Crippen molar-refractivity contribution in [1.29, 1.82) is 0 Å². The van der Waals surface area contributed by atoms with Gasteiger partial charge in [0.15, 0.2) is 0 Å². The zero-order valence-corrected chi connectivity index (χ0v) is 26.7. The smallest absolute Gasteiger partial charge is 0.228 e. The van der Waals surface area contributed by atoms with Crippen LogP contribution in [0.1, 0.15) is 0 Å². The average Bonchev–Trinajstić information content (AvgIpc) is 3.94. The van der Waals surface area contributed by atoms with Gasteiger partial charge in [-0.05, 0) is 60.7 Å². The molecule has 5 heterocycles. The lowest BCUT2D eigenvalue weighted by atomic mass is 10.1. The van der Waals surface area contributed by atoms with Gasteiger partial charge < -0.3 is 8.98 Å². The predicted octanol–water partition coefficient (Wildman–Crippen LogP) is 11.0. The van der Waals surface area contributed by atoms with Crippen LogP contribution in [0, 0.1) is 0 Å². The standard InChI is InChI=1S/C44H27N5O/c1-5-15-36-32(13-1)34-22-20-28(44-46-27-43(50-44)49-38-17-7-3-11-30(38)31-12-4-8-18-39(31)49)25-40(34)47(36)29-21-23-35-33-14-2-6-16-37(33)48(41(35)26-29)42-19-9-10-24-45-42/h1-27H. The Hall–Kier alpha value is -6.92. The molecule has 0 atom stereocenters. The highest BCUT2D eigenvalue weighted by atomic mass is 16.4. The van der Waals surface area contributed by atoms with Gasteiger partial charge in [0.05, 0.1) is 39.3 Å². The summed E-state index contributed by atoms with van der Waals surface area (Å²) in [4.78, 5) is 9.57. The number of para-hydroxylation sites is 4. The van der Waals surface area contributed by atoms with Crippen molar-refractivity contribution in [2.45, 2.75) is 0 Å². The Morgan fingerprint density at radius 1 is 0.400 bits per heavy atom. The fourth-order valence-electron chi connectivity index (χ4n) is 7.88. The first kappa shape index (κ1) is 27.1. The average molecular weight is 642 g/mol. The SMILES string of the molecule is c1ccc(-n2c3ccccc3c3ccc(-n4c5ccccc5c5ccc(-c6ncc(-n7c8ccccc8c8ccccc87)o6)cc54)cc32)nc1. The molecule has 0 bridgehead atoms. The van der Waals surface area contributed by atoms with Crippen LogP contribution >= 0.6 is 0 Å². The summed E-state index contributed by atoms with van der Waals surface area (Å²) in [6.45, 7) is 0. The predicted molar refractivity (Wildman–Crippen MR) is 203 cm³/mol. The van der Waals surface area contributed by atoms with Crippen molar-refractivity contribution in [2.75, 3.05) is 0 Å². The number of hydrogen-bond acceptors (Lipinski definition) is 3. The minimum atomic E-state index is 0.575. The van der Waals surface area contributed by atoms with Gasteiger partial charge in [-0.1, -0.05) is 91.0 Å². The van der Waals surface area contributed by atoms with Crippen LogP contribution in [0.5, 0.6) is 0 Å². The summed E-state index contributed by atoms with van der Waals surface area (Å²) in [5.41, 5.74) is 8.62. The molecule has 0 amide bonds. The molecular weight excluding hydrogens is 615 g/mol. The molecule has 0 spiro atoms. The van der Waals surface area contributed by atoms with Crippen molar-refractivity contribution >= 4 is 65.4 Å². The Morgan fingerprint density at radius 2 is 0.920 bits per heavy atom. The van der Waals surface area contributed by atoms with Gasteiger partial charge >= 0.3 is 0 Å². The van der Waals surface area contributed by atoms with Crippen molar-refractivity contribution in [3.8, 4) is 28.8 Å². The topological polar surface area (TPSA) is 53.7 Å². The Bertz CT molecular complexity index is 3050. The van der Waals surface area contributed by atoms with Crippen LogP contribution in [0.3, 0.4) is 0 Å². The van der Waals surface area contributed by atoms with E-state index in [0.29, 0.717) is 11.8 Å². The molecule has 5 aromatic heterocycles. The Morgan fingerprint density at radius 3 is 1.54 bits per heavy atom. The molecule has 11 rings (SSSR count). The quantitative estimate of drug-likeness (QED) is 0.192. The second-order valence-electron chi connectivity index (χ2n) is 12.7. The van der Waals surface area contributed by atoms with E-state index in [1.54, 1.807) is 0 Å². The van der Waals surface area contributed by atoms with Crippen LogP contribution in [-0.2, 0) is 0 Å². The lowest BCUT2D eigenvalue weighted by Gasteiger charge is -2.11. The molecule has 0 saturated carbocycles. The van der Waals surface area contributed by atoms with Gasteiger partial charge in [-0.25, -0.2) is 9.97 Å². The first-order valence-corrected chi connectivity index (χ1v) is 16.7. The van der Waals surface area contributed by atoms with Crippen LogP contribution in [-0.4, -0.2) is 23.7 Å². The molecule has 0 aliphatic carbocycles. The maximum atomic E-state index is 6.59. The number of aromatic nitrogens is 5. The van der Waals surface area contributed by atoms with E-state index in [1.165, 1.54) is 32.3 Å². The molecule has 0 N–H and O–H groups in total. The Labute approximate surface area is 285 Å². The van der Waals surface area contributed by atoms with Gasteiger partial charge in [-0.15, -0.1) is 0 Å². The van der Waals surface area contributed by atoms with E-state index >= 15 is 0 Å². The molecule has 0 fully saturated rings. The van der Waals surface area contributed by atoms with E-state index in [0.717, 1.165) is 50.2 Å². The third-order valence-corrected chi connectivity index (χ3v) is 10.0. The van der Waals surface area contributed by atoms with Crippen molar-refractivity contribution in [3.63, 3.8) is 0 Å². The molecule has 234 valence electrons. The van der Waals surface area contributed by atoms with Gasteiger partial charge in [0.1, 0.15) is 5.82 Å². The molecule has 6 heteroatoms. The normalized spacial score (nSPS) is 12.0. The minimum absolute atomic E-state index is 0.575. The van der Waals surface area contributed by atoms with Gasteiger partial charge in [-0.2, -0.15) is 0 Å². The van der Waals surface area contributed by atoms with Crippen LogP contribution < -0.4 is 0 Å². The van der Waals surface area contributed by atoms with Crippen molar-refractivity contribution in [1.82, 2.24) is 23.7 Å². The maximum absolute atomic E-state index is 6.59. The summed E-state index contributed by atoms with van der Waals surface area (Å²) in [5.74, 6) is 2.15. The molecule has 6 nitrogen and oxygen atoms in total. The number of nitrogens with zero attached hydrogens (tertiary/aromatic N) is 5. The maximum Gasteiger partial charge on any atom is 0.228 e. The number of pyridine rings is 1. The third-order valence-electron chi connectivity index (χ3n) is 10.0. The monoisotopic (exact) mass is 641 g/mol. The largest absolute Gasteiger partial charge is 0.420 e. The first-order valence-electron chi connectivity index (χ1n) is 16.7. The van der Waals surface area contributed by atoms with Gasteiger partial charge in [-0.3, -0.25) is 9.13 Å². The highest BCUT2D eigenvalue weighted by Gasteiger charge is 2.19. The molecule has 0 radical (unpaired) electrons. The van der Waals surface area contributed by atoms with E-state index in [1.807, 2.05) is 24.5 Å². The van der Waals surface area contributed by atoms with Gasteiger partial charge in [0.2, 0.25) is 11.8 Å². The first-order chi connectivity index (χ1) is 24.8. The lowest BCUT2D eigenvalue weighted by molar-refractivity contribution is 0.554. The zero-order valence-electron chi connectivity index (χ0n) is 26.7. The van der Waals surface area contributed by atoms with E-state index in [-0.39, 0.29) is 0 Å². The summed E-state index contributed by atoms with van der Waals surface area (Å²) in [6.07, 6.45) is 3.68. The fourth-order valence-corrected chi connectivity index (χ4v) is 7.88. The highest BCUT2D eigenvalue weighted by Crippen LogP contribution is 2.39. The second-order valence-corrected chi connectivity index (χ2v) is 12.7. The van der Waals surface area contributed by atoms with Gasteiger partial charge in [0, 0.05) is 49.8 Å². The zero-order chi connectivity index (χ0) is 32.8. The number of rotatable bonds is 4. The molecule has 6 aromatic carbocycles. The third kappa shape index (κ3) is 3.78. The lowest BCUT2D eigenvalue weighted by Crippen LogP contribution is -1.98. The molecule has 0 saturated heterocycles. The minimum Gasteiger partial charge on any atom is -0.420 e. The number of oxazole rings is 1. The summed E-state index contributed by atoms with van der Waals surface area (Å²) in [5, 5.41) is 7.12. The molecule has 0 aliphatic rings. The molecule has 0 unspecified atom stereocenters. The molecular formula is C44H27N5O. The van der Waals surface area contributed by atoms with Crippen LogP contribution in [0.25, 0.3) is 94.3 Å².